The summed E-state index contributed by atoms with van der Waals surface area (Å²) in [6.07, 6.45) is 0. The molecule has 0 spiro atoms. The zero-order valence-electron chi connectivity index (χ0n) is 10.1. The van der Waals surface area contributed by atoms with Crippen molar-refractivity contribution in [1.82, 2.24) is 4.31 Å². The number of carbonyl (C=O) groups is 1. The Kier molecular flexibility index (Phi) is 5.27. The molecule has 0 amide bonds. The molecule has 102 valence electrons. The number of likely N-dealkylation sites (N-methyl/N-ethyl adjacent to an activating group) is 1. The van der Waals surface area contributed by atoms with E-state index in [9.17, 15) is 13.2 Å². The lowest BCUT2D eigenvalue weighted by Gasteiger charge is -2.15. The van der Waals surface area contributed by atoms with Crippen molar-refractivity contribution in [2.45, 2.75) is 11.1 Å². The van der Waals surface area contributed by atoms with Crippen LogP contribution in [0.4, 0.5) is 0 Å². The van der Waals surface area contributed by atoms with Gasteiger partial charge in [-0.15, -0.1) is 11.3 Å². The van der Waals surface area contributed by atoms with Crippen LogP contribution in [0.3, 0.4) is 0 Å². The number of rotatable bonds is 7. The summed E-state index contributed by atoms with van der Waals surface area (Å²) in [5.74, 6) is -1.13. The summed E-state index contributed by atoms with van der Waals surface area (Å²) in [6.45, 7) is 2.89. The monoisotopic (exact) mass is 293 g/mol. The number of sulfonamides is 1. The predicted molar refractivity (Wildman–Crippen MR) is 67.6 cm³/mol. The van der Waals surface area contributed by atoms with Gasteiger partial charge in [0.2, 0.25) is 0 Å². The average Bonchev–Trinajstić information content (AvgIpc) is 2.79. The molecule has 6 nitrogen and oxygen atoms in total. The van der Waals surface area contributed by atoms with E-state index in [0.717, 1.165) is 15.6 Å². The third-order valence-electron chi connectivity index (χ3n) is 2.21. The van der Waals surface area contributed by atoms with Crippen LogP contribution in [0.5, 0.6) is 0 Å². The van der Waals surface area contributed by atoms with Gasteiger partial charge >= 0.3 is 5.97 Å². The van der Waals surface area contributed by atoms with Crippen molar-refractivity contribution in [3.8, 4) is 0 Å². The number of thiophene rings is 1. The third-order valence-corrected chi connectivity index (χ3v) is 5.61. The molecule has 1 aromatic heterocycles. The quantitative estimate of drug-likeness (QED) is 0.761. The number of hydrogen-bond donors (Lipinski definition) is 1. The highest BCUT2D eigenvalue weighted by molar-refractivity contribution is 7.91. The van der Waals surface area contributed by atoms with E-state index in [-0.39, 0.29) is 15.6 Å². The van der Waals surface area contributed by atoms with Crippen molar-refractivity contribution in [1.29, 1.82) is 0 Å². The Morgan fingerprint density at radius 3 is 2.67 bits per heavy atom. The molecule has 18 heavy (non-hydrogen) atoms. The van der Waals surface area contributed by atoms with E-state index in [1.54, 1.807) is 0 Å². The van der Waals surface area contributed by atoms with Crippen LogP contribution < -0.4 is 0 Å². The third kappa shape index (κ3) is 3.52. The molecular weight excluding hydrogens is 278 g/mol. The van der Waals surface area contributed by atoms with E-state index in [2.05, 4.69) is 0 Å². The molecule has 0 saturated carbocycles. The van der Waals surface area contributed by atoms with Gasteiger partial charge in [-0.3, -0.25) is 0 Å². The van der Waals surface area contributed by atoms with Gasteiger partial charge in [0.15, 0.2) is 0 Å². The molecule has 8 heteroatoms. The lowest BCUT2D eigenvalue weighted by Crippen LogP contribution is -2.29. The maximum Gasteiger partial charge on any atom is 0.345 e. The molecule has 0 aromatic carbocycles. The molecule has 1 N–H and O–H groups in total. The van der Waals surface area contributed by atoms with Crippen molar-refractivity contribution < 1.29 is 23.1 Å². The number of aromatic carboxylic acids is 1. The summed E-state index contributed by atoms with van der Waals surface area (Å²) in [5.41, 5.74) is 0. The molecule has 0 aliphatic heterocycles. The summed E-state index contributed by atoms with van der Waals surface area (Å²) in [4.78, 5) is 10.7. The van der Waals surface area contributed by atoms with E-state index >= 15 is 0 Å². The van der Waals surface area contributed by atoms with Gasteiger partial charge in [-0.2, -0.15) is 4.31 Å². The lowest BCUT2D eigenvalue weighted by molar-refractivity contribution is 0.0702. The molecule has 0 bridgehead atoms. The minimum atomic E-state index is -3.62. The van der Waals surface area contributed by atoms with E-state index in [0.29, 0.717) is 13.2 Å². The number of ether oxygens (including phenoxy) is 1. The Hall–Kier alpha value is -0.960. The van der Waals surface area contributed by atoms with Gasteiger partial charge in [-0.05, 0) is 19.1 Å². The van der Waals surface area contributed by atoms with Crippen molar-refractivity contribution >= 4 is 27.3 Å². The fourth-order valence-electron chi connectivity index (χ4n) is 1.18. The maximum atomic E-state index is 12.1. The Morgan fingerprint density at radius 1 is 1.50 bits per heavy atom. The second-order valence-corrected chi connectivity index (χ2v) is 6.80. The van der Waals surface area contributed by atoms with Crippen LogP contribution >= 0.6 is 11.3 Å². The van der Waals surface area contributed by atoms with Crippen LogP contribution in [0.1, 0.15) is 16.6 Å². The van der Waals surface area contributed by atoms with Crippen LogP contribution in [0.25, 0.3) is 0 Å². The first-order valence-corrected chi connectivity index (χ1v) is 7.52. The molecular formula is C10H15NO5S2. The maximum absolute atomic E-state index is 12.1. The highest BCUT2D eigenvalue weighted by atomic mass is 32.2. The summed E-state index contributed by atoms with van der Waals surface area (Å²) < 4.78 is 30.4. The zero-order valence-corrected chi connectivity index (χ0v) is 11.8. The molecule has 0 aliphatic carbocycles. The highest BCUT2D eigenvalue weighted by Gasteiger charge is 2.23. The van der Waals surface area contributed by atoms with Crippen LogP contribution in [-0.4, -0.2) is 50.6 Å². The molecule has 0 atom stereocenters. The van der Waals surface area contributed by atoms with Crippen molar-refractivity contribution in [2.24, 2.45) is 0 Å². The Labute approximate surface area is 110 Å². The normalized spacial score (nSPS) is 11.9. The molecule has 0 radical (unpaired) electrons. The highest BCUT2D eigenvalue weighted by Crippen LogP contribution is 2.24. The first-order valence-electron chi connectivity index (χ1n) is 5.26. The summed E-state index contributed by atoms with van der Waals surface area (Å²) in [7, 11) is -2.18. The van der Waals surface area contributed by atoms with Gasteiger partial charge in [0.05, 0.1) is 6.61 Å². The second-order valence-electron chi connectivity index (χ2n) is 3.45. The van der Waals surface area contributed by atoms with Crippen LogP contribution in [0.2, 0.25) is 0 Å². The summed E-state index contributed by atoms with van der Waals surface area (Å²) >= 11 is 0.745. The summed E-state index contributed by atoms with van der Waals surface area (Å²) in [6, 6.07) is 2.59. The number of carboxylic acid groups (broad SMARTS) is 1. The number of hydrogen-bond acceptors (Lipinski definition) is 5. The van der Waals surface area contributed by atoms with Crippen LogP contribution in [0.15, 0.2) is 16.3 Å². The van der Waals surface area contributed by atoms with Gasteiger partial charge in [-0.1, -0.05) is 0 Å². The molecule has 1 heterocycles. The van der Waals surface area contributed by atoms with Gasteiger partial charge in [0.1, 0.15) is 9.09 Å². The van der Waals surface area contributed by atoms with E-state index in [1.165, 1.54) is 19.2 Å². The largest absolute Gasteiger partial charge is 0.477 e. The minimum Gasteiger partial charge on any atom is -0.477 e. The SMILES string of the molecule is CCOCCN(C)S(=O)(=O)c1ccc(C(=O)O)s1. The number of nitrogens with zero attached hydrogens (tertiary/aromatic N) is 1. The van der Waals surface area contributed by atoms with Crippen LogP contribution in [-0.2, 0) is 14.8 Å². The predicted octanol–water partition coefficient (Wildman–Crippen LogP) is 1.10. The fourth-order valence-corrected chi connectivity index (χ4v) is 3.70. The van der Waals surface area contributed by atoms with Gasteiger partial charge in [-0.25, -0.2) is 13.2 Å². The Bertz CT molecular complexity index is 508. The van der Waals surface area contributed by atoms with Crippen molar-refractivity contribution in [3.05, 3.63) is 17.0 Å². The summed E-state index contributed by atoms with van der Waals surface area (Å²) in [5, 5.41) is 8.76. The standard InChI is InChI=1S/C10H15NO5S2/c1-3-16-7-6-11(2)18(14,15)9-5-4-8(17-9)10(12)13/h4-5H,3,6-7H2,1-2H3,(H,12,13). The average molecular weight is 293 g/mol. The molecule has 0 aliphatic rings. The lowest BCUT2D eigenvalue weighted by atomic mass is 10.5. The first kappa shape index (κ1) is 15.1. The smallest absolute Gasteiger partial charge is 0.345 e. The van der Waals surface area contributed by atoms with E-state index in [4.69, 9.17) is 9.84 Å². The topological polar surface area (TPSA) is 83.9 Å². The molecule has 1 aromatic rings. The second kappa shape index (κ2) is 6.28. The molecule has 0 fully saturated rings. The van der Waals surface area contributed by atoms with Gasteiger partial charge in [0, 0.05) is 20.2 Å². The molecule has 1 rings (SSSR count). The minimum absolute atomic E-state index is 0.00628. The van der Waals surface area contributed by atoms with Gasteiger partial charge in [0.25, 0.3) is 10.0 Å². The Balaban J connectivity index is 2.81. The number of carboxylic acids is 1. The fraction of sp³-hybridized carbons (Fsp3) is 0.500. The Morgan fingerprint density at radius 2 is 2.17 bits per heavy atom. The van der Waals surface area contributed by atoms with E-state index < -0.39 is 16.0 Å². The van der Waals surface area contributed by atoms with Crippen molar-refractivity contribution in [3.63, 3.8) is 0 Å². The van der Waals surface area contributed by atoms with Crippen molar-refractivity contribution in [2.75, 3.05) is 26.8 Å². The van der Waals surface area contributed by atoms with E-state index in [1.807, 2.05) is 6.92 Å². The first-order chi connectivity index (χ1) is 8.39. The van der Waals surface area contributed by atoms with Gasteiger partial charge < -0.3 is 9.84 Å². The molecule has 0 saturated heterocycles. The van der Waals surface area contributed by atoms with Crippen LogP contribution in [0, 0.1) is 0 Å². The zero-order chi connectivity index (χ0) is 13.8. The molecule has 0 unspecified atom stereocenters.